The molecular weight excluding hydrogens is 278 g/mol. The number of aromatic nitrogens is 1. The van der Waals surface area contributed by atoms with Crippen LogP contribution in [0.3, 0.4) is 0 Å². The number of hydrogen-bond donors (Lipinski definition) is 1. The summed E-state index contributed by atoms with van der Waals surface area (Å²) in [5.74, 6) is -0.422. The van der Waals surface area contributed by atoms with Gasteiger partial charge in [-0.25, -0.2) is 0 Å². The lowest BCUT2D eigenvalue weighted by molar-refractivity contribution is -0.141. The van der Waals surface area contributed by atoms with Gasteiger partial charge in [0, 0.05) is 36.9 Å². The Morgan fingerprint density at radius 3 is 2.86 bits per heavy atom. The van der Waals surface area contributed by atoms with Crippen LogP contribution in [0.15, 0.2) is 30.5 Å². The lowest BCUT2D eigenvalue weighted by Crippen LogP contribution is -2.20. The molecule has 2 aromatic rings. The molecule has 1 aromatic heterocycles. The van der Waals surface area contributed by atoms with Crippen LogP contribution in [-0.2, 0) is 22.5 Å². The van der Waals surface area contributed by atoms with E-state index in [-0.39, 0.29) is 5.92 Å². The molecule has 1 N–H and O–H groups in total. The molecule has 1 fully saturated rings. The van der Waals surface area contributed by atoms with Crippen molar-refractivity contribution in [3.63, 3.8) is 0 Å². The summed E-state index contributed by atoms with van der Waals surface area (Å²) >= 11 is 0. The second kappa shape index (κ2) is 6.53. The van der Waals surface area contributed by atoms with Crippen LogP contribution in [0.1, 0.15) is 25.3 Å². The van der Waals surface area contributed by atoms with Crippen LogP contribution in [0.25, 0.3) is 10.9 Å². The molecule has 118 valence electrons. The van der Waals surface area contributed by atoms with E-state index < -0.39 is 5.97 Å². The molecule has 1 aromatic carbocycles. The van der Waals surface area contributed by atoms with Crippen molar-refractivity contribution in [2.45, 2.75) is 32.7 Å². The van der Waals surface area contributed by atoms with Crippen molar-refractivity contribution in [2.24, 2.45) is 11.8 Å². The Labute approximate surface area is 130 Å². The van der Waals surface area contributed by atoms with Gasteiger partial charge in [-0.15, -0.1) is 0 Å². The van der Waals surface area contributed by atoms with Crippen molar-refractivity contribution >= 4 is 16.9 Å². The Morgan fingerprint density at radius 1 is 1.36 bits per heavy atom. The average molecular weight is 301 g/mol. The standard InChI is InChI=1S/C18H23NO3/c1-13(18(20)21)11-15-3-2-4-17-16(15)5-8-19(17)12-14-6-9-22-10-7-14/h2-5,8,13-14H,6-7,9-12H2,1H3,(H,20,21). The molecule has 0 amide bonds. The number of hydrogen-bond acceptors (Lipinski definition) is 2. The molecule has 1 aliphatic rings. The maximum absolute atomic E-state index is 11.1. The van der Waals surface area contributed by atoms with E-state index in [0.717, 1.165) is 38.2 Å². The van der Waals surface area contributed by atoms with Crippen molar-refractivity contribution in [1.29, 1.82) is 0 Å². The second-order valence-electron chi connectivity index (χ2n) is 6.32. The van der Waals surface area contributed by atoms with Gasteiger partial charge in [-0.1, -0.05) is 19.1 Å². The number of carboxylic acids is 1. The smallest absolute Gasteiger partial charge is 0.306 e. The third kappa shape index (κ3) is 3.17. The van der Waals surface area contributed by atoms with Gasteiger partial charge in [-0.3, -0.25) is 4.79 Å². The highest BCUT2D eigenvalue weighted by Gasteiger charge is 2.17. The Bertz CT molecular complexity index is 655. The lowest BCUT2D eigenvalue weighted by Gasteiger charge is -2.22. The summed E-state index contributed by atoms with van der Waals surface area (Å²) in [6.45, 7) is 4.52. The van der Waals surface area contributed by atoms with Gasteiger partial charge in [0.1, 0.15) is 0 Å². The van der Waals surface area contributed by atoms with Crippen molar-refractivity contribution in [3.05, 3.63) is 36.0 Å². The Kier molecular flexibility index (Phi) is 4.48. The fourth-order valence-electron chi connectivity index (χ4n) is 3.25. The maximum Gasteiger partial charge on any atom is 0.306 e. The minimum absolute atomic E-state index is 0.357. The number of aliphatic carboxylic acids is 1. The zero-order valence-electron chi connectivity index (χ0n) is 13.0. The zero-order valence-corrected chi connectivity index (χ0v) is 13.0. The van der Waals surface area contributed by atoms with E-state index in [2.05, 4.69) is 22.9 Å². The van der Waals surface area contributed by atoms with Gasteiger partial charge in [0.15, 0.2) is 0 Å². The summed E-state index contributed by atoms with van der Waals surface area (Å²) in [6, 6.07) is 8.33. The fraction of sp³-hybridized carbons (Fsp3) is 0.500. The molecule has 0 aliphatic carbocycles. The van der Waals surface area contributed by atoms with E-state index in [9.17, 15) is 4.79 Å². The third-order valence-corrected chi connectivity index (χ3v) is 4.65. The highest BCUT2D eigenvalue weighted by atomic mass is 16.5. The molecule has 3 rings (SSSR count). The predicted molar refractivity (Wildman–Crippen MR) is 86.0 cm³/mol. The highest BCUT2D eigenvalue weighted by molar-refractivity contribution is 5.84. The van der Waals surface area contributed by atoms with Crippen LogP contribution in [-0.4, -0.2) is 28.9 Å². The first-order valence-electron chi connectivity index (χ1n) is 8.02. The van der Waals surface area contributed by atoms with E-state index in [1.807, 2.05) is 12.1 Å². The molecule has 0 spiro atoms. The van der Waals surface area contributed by atoms with E-state index in [1.165, 1.54) is 10.9 Å². The number of benzene rings is 1. The molecule has 0 saturated carbocycles. The summed E-state index contributed by atoms with van der Waals surface area (Å²) in [7, 11) is 0. The first-order chi connectivity index (χ1) is 10.6. The number of carbonyl (C=O) groups is 1. The molecular formula is C18H23NO3. The van der Waals surface area contributed by atoms with E-state index in [1.54, 1.807) is 6.92 Å². The highest BCUT2D eigenvalue weighted by Crippen LogP contribution is 2.25. The van der Waals surface area contributed by atoms with Crippen molar-refractivity contribution in [2.75, 3.05) is 13.2 Å². The van der Waals surface area contributed by atoms with Crippen LogP contribution in [0.5, 0.6) is 0 Å². The van der Waals surface area contributed by atoms with Crippen LogP contribution >= 0.6 is 0 Å². The van der Waals surface area contributed by atoms with Gasteiger partial charge in [0.2, 0.25) is 0 Å². The molecule has 22 heavy (non-hydrogen) atoms. The minimum atomic E-state index is -0.737. The number of fused-ring (bicyclic) bond motifs is 1. The molecule has 2 heterocycles. The Balaban J connectivity index is 1.83. The maximum atomic E-state index is 11.1. The summed E-state index contributed by atoms with van der Waals surface area (Å²) in [6.07, 6.45) is 4.95. The van der Waals surface area contributed by atoms with Gasteiger partial charge in [-0.05, 0) is 42.9 Å². The average Bonchev–Trinajstić information content (AvgIpc) is 2.92. The molecule has 0 bridgehead atoms. The molecule has 4 heteroatoms. The molecule has 1 atom stereocenters. The van der Waals surface area contributed by atoms with Gasteiger partial charge in [-0.2, -0.15) is 0 Å². The van der Waals surface area contributed by atoms with Gasteiger partial charge in [0.25, 0.3) is 0 Å². The van der Waals surface area contributed by atoms with Gasteiger partial charge < -0.3 is 14.4 Å². The lowest BCUT2D eigenvalue weighted by atomic mass is 9.98. The summed E-state index contributed by atoms with van der Waals surface area (Å²) in [4.78, 5) is 11.1. The zero-order chi connectivity index (χ0) is 15.5. The molecule has 4 nitrogen and oxygen atoms in total. The minimum Gasteiger partial charge on any atom is -0.481 e. The summed E-state index contributed by atoms with van der Waals surface area (Å²) in [5, 5.41) is 10.3. The largest absolute Gasteiger partial charge is 0.481 e. The predicted octanol–water partition coefficient (Wildman–Crippen LogP) is 3.33. The molecule has 1 unspecified atom stereocenters. The Hall–Kier alpha value is -1.81. The number of rotatable bonds is 5. The van der Waals surface area contributed by atoms with E-state index >= 15 is 0 Å². The quantitative estimate of drug-likeness (QED) is 0.921. The van der Waals surface area contributed by atoms with Crippen LogP contribution in [0, 0.1) is 11.8 Å². The second-order valence-corrected chi connectivity index (χ2v) is 6.32. The molecule has 0 radical (unpaired) electrons. The van der Waals surface area contributed by atoms with Crippen LogP contribution in [0.4, 0.5) is 0 Å². The molecule has 1 saturated heterocycles. The number of carboxylic acid groups (broad SMARTS) is 1. The van der Waals surface area contributed by atoms with Gasteiger partial charge in [0.05, 0.1) is 5.92 Å². The topological polar surface area (TPSA) is 51.5 Å². The van der Waals surface area contributed by atoms with E-state index in [4.69, 9.17) is 9.84 Å². The first-order valence-corrected chi connectivity index (χ1v) is 8.02. The van der Waals surface area contributed by atoms with Crippen LogP contribution < -0.4 is 0 Å². The fourth-order valence-corrected chi connectivity index (χ4v) is 3.25. The first kappa shape index (κ1) is 15.1. The van der Waals surface area contributed by atoms with Crippen molar-refractivity contribution in [1.82, 2.24) is 4.57 Å². The van der Waals surface area contributed by atoms with Crippen molar-refractivity contribution < 1.29 is 14.6 Å². The Morgan fingerprint density at radius 2 is 2.14 bits per heavy atom. The third-order valence-electron chi connectivity index (χ3n) is 4.65. The summed E-state index contributed by atoms with van der Waals surface area (Å²) < 4.78 is 7.73. The van der Waals surface area contributed by atoms with Crippen molar-refractivity contribution in [3.8, 4) is 0 Å². The SMILES string of the molecule is CC(Cc1cccc2c1ccn2CC1CCOCC1)C(=O)O. The number of ether oxygens (including phenoxy) is 1. The number of nitrogens with zero attached hydrogens (tertiary/aromatic N) is 1. The molecule has 1 aliphatic heterocycles. The van der Waals surface area contributed by atoms with Crippen LogP contribution in [0.2, 0.25) is 0 Å². The van der Waals surface area contributed by atoms with Gasteiger partial charge >= 0.3 is 5.97 Å². The normalized spacial score (nSPS) is 17.7. The van der Waals surface area contributed by atoms with E-state index in [0.29, 0.717) is 12.3 Å². The summed E-state index contributed by atoms with van der Waals surface area (Å²) in [5.41, 5.74) is 2.33. The monoisotopic (exact) mass is 301 g/mol.